The Morgan fingerprint density at radius 3 is 2.31 bits per heavy atom. The van der Waals surface area contributed by atoms with Crippen LogP contribution in [-0.2, 0) is 4.74 Å². The molecule has 0 aromatic heterocycles. The lowest BCUT2D eigenvalue weighted by Gasteiger charge is -2.37. The van der Waals surface area contributed by atoms with E-state index >= 15 is 0 Å². The van der Waals surface area contributed by atoms with Crippen LogP contribution >= 0.6 is 0 Å². The van der Waals surface area contributed by atoms with E-state index in [1.165, 1.54) is 32.1 Å². The SMILES string of the molecule is CCOC(C(C)C)C(NN)C1CCCCC1. The maximum Gasteiger partial charge on any atom is 0.0766 e. The molecule has 2 atom stereocenters. The van der Waals surface area contributed by atoms with E-state index in [0.29, 0.717) is 17.9 Å². The molecule has 0 heterocycles. The van der Waals surface area contributed by atoms with Gasteiger partial charge < -0.3 is 4.74 Å². The molecule has 0 bridgehead atoms. The van der Waals surface area contributed by atoms with E-state index in [4.69, 9.17) is 10.6 Å². The van der Waals surface area contributed by atoms with Gasteiger partial charge in [0.15, 0.2) is 0 Å². The lowest BCUT2D eigenvalue weighted by molar-refractivity contribution is -0.0168. The van der Waals surface area contributed by atoms with E-state index in [2.05, 4.69) is 26.2 Å². The zero-order valence-corrected chi connectivity index (χ0v) is 11.0. The van der Waals surface area contributed by atoms with Crippen molar-refractivity contribution in [2.45, 2.75) is 65.0 Å². The van der Waals surface area contributed by atoms with Crippen molar-refractivity contribution in [2.24, 2.45) is 17.7 Å². The average Bonchev–Trinajstić information content (AvgIpc) is 2.30. The molecule has 1 rings (SSSR count). The van der Waals surface area contributed by atoms with Crippen LogP contribution in [-0.4, -0.2) is 18.8 Å². The number of hydrogen-bond acceptors (Lipinski definition) is 3. The molecule has 96 valence electrons. The molecular weight excluding hydrogens is 200 g/mol. The number of rotatable bonds is 6. The summed E-state index contributed by atoms with van der Waals surface area (Å²) in [7, 11) is 0. The predicted octanol–water partition coefficient (Wildman–Crippen LogP) is 2.46. The number of nitrogens with one attached hydrogen (secondary N) is 1. The normalized spacial score (nSPS) is 22.3. The van der Waals surface area contributed by atoms with E-state index in [-0.39, 0.29) is 6.10 Å². The van der Waals surface area contributed by atoms with E-state index in [0.717, 1.165) is 6.61 Å². The van der Waals surface area contributed by atoms with Gasteiger partial charge in [-0.1, -0.05) is 33.1 Å². The van der Waals surface area contributed by atoms with Gasteiger partial charge in [-0.25, -0.2) is 0 Å². The molecule has 1 aliphatic rings. The number of nitrogens with two attached hydrogens (primary N) is 1. The molecule has 3 nitrogen and oxygen atoms in total. The molecule has 1 saturated carbocycles. The predicted molar refractivity (Wildman–Crippen MR) is 67.9 cm³/mol. The van der Waals surface area contributed by atoms with Gasteiger partial charge in [0.05, 0.1) is 12.1 Å². The van der Waals surface area contributed by atoms with Crippen molar-refractivity contribution in [3.8, 4) is 0 Å². The highest BCUT2D eigenvalue weighted by Gasteiger charge is 2.31. The third-order valence-corrected chi connectivity index (χ3v) is 3.72. The van der Waals surface area contributed by atoms with Gasteiger partial charge in [0.2, 0.25) is 0 Å². The first-order chi connectivity index (χ1) is 7.70. The van der Waals surface area contributed by atoms with Gasteiger partial charge >= 0.3 is 0 Å². The molecule has 1 fully saturated rings. The molecule has 3 heteroatoms. The molecule has 16 heavy (non-hydrogen) atoms. The average molecular weight is 228 g/mol. The molecule has 0 aromatic carbocycles. The molecule has 0 aromatic rings. The zero-order chi connectivity index (χ0) is 12.0. The molecule has 0 aliphatic heterocycles. The first kappa shape index (κ1) is 13.9. The summed E-state index contributed by atoms with van der Waals surface area (Å²) in [5.74, 6) is 6.95. The summed E-state index contributed by atoms with van der Waals surface area (Å²) in [6.45, 7) is 7.26. The Labute approximate surface area is 100 Å². The van der Waals surface area contributed by atoms with Gasteiger partial charge in [-0.15, -0.1) is 0 Å². The number of ether oxygens (including phenoxy) is 1. The lowest BCUT2D eigenvalue weighted by atomic mass is 9.80. The van der Waals surface area contributed by atoms with E-state index in [9.17, 15) is 0 Å². The highest BCUT2D eigenvalue weighted by molar-refractivity contribution is 4.86. The van der Waals surface area contributed by atoms with Crippen LogP contribution in [0.5, 0.6) is 0 Å². The van der Waals surface area contributed by atoms with Crippen LogP contribution in [0, 0.1) is 11.8 Å². The first-order valence-corrected chi connectivity index (χ1v) is 6.78. The molecule has 0 saturated heterocycles. The highest BCUT2D eigenvalue weighted by Crippen LogP contribution is 2.30. The minimum absolute atomic E-state index is 0.248. The third-order valence-electron chi connectivity index (χ3n) is 3.72. The van der Waals surface area contributed by atoms with Crippen molar-refractivity contribution >= 4 is 0 Å². The second kappa shape index (κ2) is 7.25. The molecule has 3 N–H and O–H groups in total. The summed E-state index contributed by atoms with van der Waals surface area (Å²) in [5.41, 5.74) is 3.01. The van der Waals surface area contributed by atoms with Crippen molar-refractivity contribution in [1.29, 1.82) is 0 Å². The van der Waals surface area contributed by atoms with Crippen LogP contribution < -0.4 is 11.3 Å². The van der Waals surface area contributed by atoms with Crippen molar-refractivity contribution < 1.29 is 4.74 Å². The van der Waals surface area contributed by atoms with Crippen LogP contribution in [0.4, 0.5) is 0 Å². The van der Waals surface area contributed by atoms with Gasteiger partial charge in [0.1, 0.15) is 0 Å². The van der Waals surface area contributed by atoms with Crippen LogP contribution in [0.15, 0.2) is 0 Å². The van der Waals surface area contributed by atoms with Crippen LogP contribution in [0.3, 0.4) is 0 Å². The molecule has 2 unspecified atom stereocenters. The molecule has 1 aliphatic carbocycles. The maximum atomic E-state index is 5.87. The standard InChI is InChI=1S/C13H28N2O/c1-4-16-13(10(2)3)12(15-14)11-8-6-5-7-9-11/h10-13,15H,4-9,14H2,1-3H3. The quantitative estimate of drug-likeness (QED) is 0.542. The Bertz CT molecular complexity index is 179. The third kappa shape index (κ3) is 3.72. The maximum absolute atomic E-state index is 5.87. The Kier molecular flexibility index (Phi) is 6.32. The fourth-order valence-electron chi connectivity index (χ4n) is 2.90. The second-order valence-corrected chi connectivity index (χ2v) is 5.25. The van der Waals surface area contributed by atoms with Crippen molar-refractivity contribution in [1.82, 2.24) is 5.43 Å². The Balaban J connectivity index is 2.60. The molecule has 0 radical (unpaired) electrons. The summed E-state index contributed by atoms with van der Waals surface area (Å²) in [4.78, 5) is 0. The van der Waals surface area contributed by atoms with Crippen molar-refractivity contribution in [2.75, 3.05) is 6.61 Å². The highest BCUT2D eigenvalue weighted by atomic mass is 16.5. The first-order valence-electron chi connectivity index (χ1n) is 6.78. The van der Waals surface area contributed by atoms with Gasteiger partial charge in [0.25, 0.3) is 0 Å². The monoisotopic (exact) mass is 228 g/mol. The van der Waals surface area contributed by atoms with E-state index < -0.39 is 0 Å². The van der Waals surface area contributed by atoms with E-state index in [1.54, 1.807) is 0 Å². The number of hydrazine groups is 1. The van der Waals surface area contributed by atoms with Crippen LogP contribution in [0.2, 0.25) is 0 Å². The summed E-state index contributed by atoms with van der Waals surface area (Å²) in [6, 6.07) is 0.320. The molecular formula is C13H28N2O. The minimum Gasteiger partial charge on any atom is -0.377 e. The van der Waals surface area contributed by atoms with Crippen molar-refractivity contribution in [3.05, 3.63) is 0 Å². The zero-order valence-electron chi connectivity index (χ0n) is 11.0. The Morgan fingerprint density at radius 2 is 1.88 bits per heavy atom. The van der Waals surface area contributed by atoms with E-state index in [1.807, 2.05) is 0 Å². The minimum atomic E-state index is 0.248. The Morgan fingerprint density at radius 1 is 1.25 bits per heavy atom. The number of hydrogen-bond donors (Lipinski definition) is 2. The lowest BCUT2D eigenvalue weighted by Crippen LogP contribution is -2.52. The summed E-state index contributed by atoms with van der Waals surface area (Å²) < 4.78 is 5.87. The van der Waals surface area contributed by atoms with Gasteiger partial charge in [-0.2, -0.15) is 0 Å². The van der Waals surface area contributed by atoms with Gasteiger partial charge in [-0.05, 0) is 31.6 Å². The smallest absolute Gasteiger partial charge is 0.0766 e. The molecule has 0 spiro atoms. The second-order valence-electron chi connectivity index (χ2n) is 5.25. The molecule has 0 amide bonds. The largest absolute Gasteiger partial charge is 0.377 e. The fraction of sp³-hybridized carbons (Fsp3) is 1.00. The summed E-state index contributed by atoms with van der Waals surface area (Å²) in [6.07, 6.45) is 6.92. The van der Waals surface area contributed by atoms with Crippen LogP contribution in [0.25, 0.3) is 0 Å². The Hall–Kier alpha value is -0.120. The fourth-order valence-corrected chi connectivity index (χ4v) is 2.90. The topological polar surface area (TPSA) is 47.3 Å². The van der Waals surface area contributed by atoms with Gasteiger partial charge in [0, 0.05) is 6.61 Å². The van der Waals surface area contributed by atoms with Crippen molar-refractivity contribution in [3.63, 3.8) is 0 Å². The van der Waals surface area contributed by atoms with Gasteiger partial charge in [-0.3, -0.25) is 11.3 Å². The summed E-state index contributed by atoms with van der Waals surface area (Å²) >= 11 is 0. The van der Waals surface area contributed by atoms with Crippen LogP contribution in [0.1, 0.15) is 52.9 Å². The summed E-state index contributed by atoms with van der Waals surface area (Å²) in [5, 5.41) is 0.